The number of nitrogens with zero attached hydrogens (tertiary/aromatic N) is 1. The normalized spacial score (nSPS) is 20.7. The first kappa shape index (κ1) is 15.0. The molecule has 1 heterocycles. The molecule has 0 saturated heterocycles. The van der Waals surface area contributed by atoms with Gasteiger partial charge in [0.15, 0.2) is 5.54 Å². The molecule has 7 heteroatoms. The van der Waals surface area contributed by atoms with Crippen LogP contribution in [0.25, 0.3) is 0 Å². The van der Waals surface area contributed by atoms with Crippen LogP contribution in [0, 0.1) is 10.1 Å². The van der Waals surface area contributed by atoms with Crippen molar-refractivity contribution in [2.45, 2.75) is 38.8 Å². The number of fused-ring (bicyclic) bond motifs is 1. The van der Waals surface area contributed by atoms with Crippen molar-refractivity contribution in [3.63, 3.8) is 0 Å². The molecule has 7 nitrogen and oxygen atoms in total. The number of benzene rings is 1. The summed E-state index contributed by atoms with van der Waals surface area (Å²) in [5.41, 5.74) is -1.73. The van der Waals surface area contributed by atoms with Crippen molar-refractivity contribution < 1.29 is 19.2 Å². The number of rotatable bonds is 2. The fraction of sp³-hybridized carbons (Fsp3) is 0.429. The summed E-state index contributed by atoms with van der Waals surface area (Å²) in [7, 11) is 0. The average molecular weight is 292 g/mol. The van der Waals surface area contributed by atoms with Gasteiger partial charge in [-0.1, -0.05) is 0 Å². The zero-order valence-corrected chi connectivity index (χ0v) is 12.2. The number of non-ortho nitro benzene ring substituents is 1. The van der Waals surface area contributed by atoms with Gasteiger partial charge in [-0.2, -0.15) is 0 Å². The minimum absolute atomic E-state index is 0.123. The van der Waals surface area contributed by atoms with Gasteiger partial charge < -0.3 is 10.1 Å². The van der Waals surface area contributed by atoms with E-state index in [0.717, 1.165) is 0 Å². The molecule has 0 radical (unpaired) electrons. The molecule has 1 amide bonds. The van der Waals surface area contributed by atoms with E-state index in [1.165, 1.54) is 25.1 Å². The first-order valence-electron chi connectivity index (χ1n) is 6.39. The van der Waals surface area contributed by atoms with Crippen LogP contribution in [-0.2, 0) is 15.1 Å². The van der Waals surface area contributed by atoms with Crippen molar-refractivity contribution in [3.05, 3.63) is 39.4 Å². The van der Waals surface area contributed by atoms with Crippen molar-refractivity contribution in [1.29, 1.82) is 0 Å². The Hall–Kier alpha value is -2.44. The number of nitro benzene ring substituents is 1. The minimum Gasteiger partial charge on any atom is -0.458 e. The third-order valence-corrected chi connectivity index (χ3v) is 3.17. The summed E-state index contributed by atoms with van der Waals surface area (Å²) < 4.78 is 5.32. The topological polar surface area (TPSA) is 98.5 Å². The minimum atomic E-state index is -1.34. The molecule has 1 aliphatic heterocycles. The molecule has 0 fully saturated rings. The van der Waals surface area contributed by atoms with E-state index in [4.69, 9.17) is 4.74 Å². The molecule has 2 rings (SSSR count). The van der Waals surface area contributed by atoms with Gasteiger partial charge in [0.2, 0.25) is 0 Å². The van der Waals surface area contributed by atoms with Gasteiger partial charge in [-0.25, -0.2) is 4.79 Å². The third kappa shape index (κ3) is 2.58. The molecule has 0 spiro atoms. The molecular weight excluding hydrogens is 276 g/mol. The first-order chi connectivity index (χ1) is 9.54. The second-order valence-electron chi connectivity index (χ2n) is 6.07. The molecule has 1 N–H and O–H groups in total. The fourth-order valence-corrected chi connectivity index (χ4v) is 2.17. The Labute approximate surface area is 121 Å². The molecule has 112 valence electrons. The van der Waals surface area contributed by atoms with Gasteiger partial charge in [0.1, 0.15) is 5.60 Å². The van der Waals surface area contributed by atoms with Gasteiger partial charge >= 0.3 is 5.97 Å². The van der Waals surface area contributed by atoms with Crippen LogP contribution in [0.3, 0.4) is 0 Å². The van der Waals surface area contributed by atoms with Crippen LogP contribution < -0.4 is 5.32 Å². The van der Waals surface area contributed by atoms with Gasteiger partial charge in [-0.15, -0.1) is 0 Å². The summed E-state index contributed by atoms with van der Waals surface area (Å²) in [6, 6.07) is 3.84. The SMILES string of the molecule is CC(C)(C)OC(=O)[C@@]1(C)NC(=O)c2cc([N+](=O)[O-])ccc21. The highest BCUT2D eigenvalue weighted by Gasteiger charge is 2.47. The highest BCUT2D eigenvalue weighted by atomic mass is 16.6. The van der Waals surface area contributed by atoms with E-state index >= 15 is 0 Å². The molecular formula is C14H16N2O5. The lowest BCUT2D eigenvalue weighted by Gasteiger charge is -2.28. The second-order valence-corrected chi connectivity index (χ2v) is 6.07. The van der Waals surface area contributed by atoms with Crippen LogP contribution in [-0.4, -0.2) is 22.4 Å². The summed E-state index contributed by atoms with van der Waals surface area (Å²) in [5, 5.41) is 13.3. The van der Waals surface area contributed by atoms with Gasteiger partial charge in [0, 0.05) is 17.7 Å². The van der Waals surface area contributed by atoms with Crippen LogP contribution in [0.15, 0.2) is 18.2 Å². The molecule has 0 aliphatic carbocycles. The molecule has 1 aromatic carbocycles. The Morgan fingerprint density at radius 2 is 2.00 bits per heavy atom. The van der Waals surface area contributed by atoms with Crippen LogP contribution in [0.4, 0.5) is 5.69 Å². The predicted molar refractivity (Wildman–Crippen MR) is 73.8 cm³/mol. The lowest BCUT2D eigenvalue weighted by Crippen LogP contribution is -2.47. The molecule has 0 unspecified atom stereocenters. The number of carbonyl (C=O) groups is 2. The second kappa shape index (κ2) is 4.54. The standard InChI is InChI=1S/C14H16N2O5/c1-13(2,3)21-12(18)14(4)10-6-5-8(16(19)20)7-9(10)11(17)15-14/h5-7H,1-4H3,(H,15,17)/t14-/m0/s1. The lowest BCUT2D eigenvalue weighted by molar-refractivity contribution is -0.384. The van der Waals surface area contributed by atoms with Crippen LogP contribution in [0.1, 0.15) is 43.6 Å². The van der Waals surface area contributed by atoms with Gasteiger partial charge in [0.25, 0.3) is 11.6 Å². The number of hydrogen-bond donors (Lipinski definition) is 1. The number of nitrogens with one attached hydrogen (secondary N) is 1. The number of hydrogen-bond acceptors (Lipinski definition) is 5. The van der Waals surface area contributed by atoms with Crippen molar-refractivity contribution >= 4 is 17.6 Å². The number of amides is 1. The smallest absolute Gasteiger partial charge is 0.336 e. The van der Waals surface area contributed by atoms with E-state index < -0.39 is 27.9 Å². The Morgan fingerprint density at radius 1 is 1.38 bits per heavy atom. The third-order valence-electron chi connectivity index (χ3n) is 3.17. The Balaban J connectivity index is 2.46. The maximum atomic E-state index is 12.3. The van der Waals surface area contributed by atoms with Gasteiger partial charge in [-0.3, -0.25) is 14.9 Å². The lowest BCUT2D eigenvalue weighted by atomic mass is 9.92. The molecule has 1 aromatic rings. The largest absolute Gasteiger partial charge is 0.458 e. The van der Waals surface area contributed by atoms with Crippen LogP contribution in [0.5, 0.6) is 0 Å². The van der Waals surface area contributed by atoms with Crippen molar-refractivity contribution in [1.82, 2.24) is 5.32 Å². The zero-order valence-electron chi connectivity index (χ0n) is 12.2. The van der Waals surface area contributed by atoms with Crippen molar-refractivity contribution in [2.75, 3.05) is 0 Å². The van der Waals surface area contributed by atoms with E-state index in [-0.39, 0.29) is 11.3 Å². The van der Waals surface area contributed by atoms with Crippen molar-refractivity contribution in [2.24, 2.45) is 0 Å². The summed E-state index contributed by atoms with van der Waals surface area (Å²) in [6.07, 6.45) is 0. The number of esters is 1. The highest BCUT2D eigenvalue weighted by molar-refractivity contribution is 6.06. The quantitative estimate of drug-likeness (QED) is 0.510. The summed E-state index contributed by atoms with van der Waals surface area (Å²) in [6.45, 7) is 6.70. The average Bonchev–Trinajstić information content (AvgIpc) is 2.60. The van der Waals surface area contributed by atoms with E-state index in [0.29, 0.717) is 5.56 Å². The molecule has 1 aliphatic rings. The zero-order chi connectivity index (χ0) is 16.0. The molecule has 0 bridgehead atoms. The van der Waals surface area contributed by atoms with Crippen molar-refractivity contribution in [3.8, 4) is 0 Å². The van der Waals surface area contributed by atoms with E-state index in [1.807, 2.05) is 0 Å². The maximum absolute atomic E-state index is 12.3. The van der Waals surface area contributed by atoms with Gasteiger partial charge in [0.05, 0.1) is 10.5 Å². The molecule has 0 aromatic heterocycles. The van der Waals surface area contributed by atoms with E-state index in [1.54, 1.807) is 20.8 Å². The van der Waals surface area contributed by atoms with E-state index in [9.17, 15) is 19.7 Å². The highest BCUT2D eigenvalue weighted by Crippen LogP contribution is 2.35. The van der Waals surface area contributed by atoms with Crippen LogP contribution >= 0.6 is 0 Å². The molecule has 21 heavy (non-hydrogen) atoms. The Kier molecular flexibility index (Phi) is 3.24. The summed E-state index contributed by atoms with van der Waals surface area (Å²) >= 11 is 0. The van der Waals surface area contributed by atoms with E-state index in [2.05, 4.69) is 5.32 Å². The predicted octanol–water partition coefficient (Wildman–Crippen LogP) is 1.90. The molecule has 1 atom stereocenters. The van der Waals surface area contributed by atoms with Crippen LogP contribution in [0.2, 0.25) is 0 Å². The number of carbonyl (C=O) groups excluding carboxylic acids is 2. The monoisotopic (exact) mass is 292 g/mol. The molecule has 0 saturated carbocycles. The first-order valence-corrected chi connectivity index (χ1v) is 6.39. The summed E-state index contributed by atoms with van der Waals surface area (Å²) in [4.78, 5) is 34.5. The number of ether oxygens (including phenoxy) is 1. The maximum Gasteiger partial charge on any atom is 0.336 e. The Morgan fingerprint density at radius 3 is 2.52 bits per heavy atom. The number of nitro groups is 1. The fourth-order valence-electron chi connectivity index (χ4n) is 2.17. The Bertz CT molecular complexity index is 647. The van der Waals surface area contributed by atoms with Gasteiger partial charge in [-0.05, 0) is 33.8 Å². The summed E-state index contributed by atoms with van der Waals surface area (Å²) in [5.74, 6) is -1.13.